The monoisotopic (exact) mass is 369 g/mol. The maximum atomic E-state index is 10.8. The molecule has 142 valence electrons. The second-order valence-corrected chi connectivity index (χ2v) is 8.30. The molecule has 0 saturated carbocycles. The lowest BCUT2D eigenvalue weighted by molar-refractivity contribution is -0.672. The zero-order chi connectivity index (χ0) is 18.1. The Morgan fingerprint density at radius 3 is 2.56 bits per heavy atom. The highest BCUT2D eigenvalue weighted by Gasteiger charge is 2.33. The molecule has 0 aromatic heterocycles. The van der Waals surface area contributed by atoms with E-state index < -0.39 is 7.82 Å². The summed E-state index contributed by atoms with van der Waals surface area (Å²) in [5.74, 6) is 0.273. The summed E-state index contributed by atoms with van der Waals surface area (Å²) in [5.41, 5.74) is 2.60. The molecular weight excluding hydrogens is 337 g/mol. The summed E-state index contributed by atoms with van der Waals surface area (Å²) in [6.07, 6.45) is 9.98. The number of phosphoric acid groups is 1. The Hall–Kier alpha value is -0.710. The number of hydrogen-bond acceptors (Lipinski definition) is 3. The number of aryl methyl sites for hydroxylation is 1. The Morgan fingerprint density at radius 1 is 1.20 bits per heavy atom. The van der Waals surface area contributed by atoms with Crippen LogP contribution in [0.5, 0.6) is 0 Å². The molecule has 0 amide bonds. The van der Waals surface area contributed by atoms with Gasteiger partial charge in [-0.2, -0.15) is 0 Å². The zero-order valence-corrected chi connectivity index (χ0v) is 16.1. The van der Waals surface area contributed by atoms with Crippen molar-refractivity contribution < 1.29 is 24.2 Å². The smallest absolute Gasteiger partial charge is 0.265 e. The first kappa shape index (κ1) is 20.6. The molecule has 1 fully saturated rings. The Balaban J connectivity index is 1.79. The van der Waals surface area contributed by atoms with Crippen LogP contribution in [-0.4, -0.2) is 24.1 Å². The summed E-state index contributed by atoms with van der Waals surface area (Å²) in [6, 6.07) is 8.77. The van der Waals surface area contributed by atoms with Crippen LogP contribution in [0.3, 0.4) is 0 Å². The van der Waals surface area contributed by atoms with Crippen LogP contribution in [0.25, 0.3) is 0 Å². The first-order valence-corrected chi connectivity index (χ1v) is 11.1. The molecule has 3 atom stereocenters. The molecule has 1 aliphatic heterocycles. The quantitative estimate of drug-likeness (QED) is 0.463. The minimum atomic E-state index is -4.64. The number of phosphoric ester groups is 1. The summed E-state index contributed by atoms with van der Waals surface area (Å²) < 4.78 is 15.4. The maximum Gasteiger partial charge on any atom is 0.265 e. The van der Waals surface area contributed by atoms with Crippen molar-refractivity contribution in [2.45, 2.75) is 70.3 Å². The van der Waals surface area contributed by atoms with E-state index in [0.29, 0.717) is 0 Å². The topological polar surface area (TPSA) is 86.2 Å². The van der Waals surface area contributed by atoms with E-state index in [1.54, 1.807) is 0 Å². The SMILES string of the molecule is CCCCCCCCc1ccc([C@H]2CC[NH2+][C@@H]2COP(=O)([O-])O)cc1. The number of hydrogen-bond donors (Lipinski definition) is 2. The Morgan fingerprint density at radius 2 is 1.88 bits per heavy atom. The fourth-order valence-electron chi connectivity index (χ4n) is 3.69. The summed E-state index contributed by atoms with van der Waals surface area (Å²) in [7, 11) is -4.64. The molecule has 0 radical (unpaired) electrons. The van der Waals surface area contributed by atoms with Crippen molar-refractivity contribution >= 4 is 7.82 Å². The Bertz CT molecular complexity index is 543. The molecule has 6 heteroatoms. The normalized spacial score (nSPS) is 22.8. The van der Waals surface area contributed by atoms with Crippen LogP contribution in [0.2, 0.25) is 0 Å². The predicted octanol–water partition coefficient (Wildman–Crippen LogP) is 2.49. The van der Waals surface area contributed by atoms with E-state index in [4.69, 9.17) is 4.89 Å². The van der Waals surface area contributed by atoms with Gasteiger partial charge in [0.1, 0.15) is 12.6 Å². The van der Waals surface area contributed by atoms with Crippen LogP contribution in [0, 0.1) is 0 Å². The number of quaternary nitrogens is 1. The van der Waals surface area contributed by atoms with Crippen LogP contribution in [0.15, 0.2) is 24.3 Å². The Labute approximate surface area is 151 Å². The first-order valence-electron chi connectivity index (χ1n) is 9.60. The summed E-state index contributed by atoms with van der Waals surface area (Å²) >= 11 is 0. The fourth-order valence-corrected chi connectivity index (χ4v) is 4.05. The van der Waals surface area contributed by atoms with Crippen molar-refractivity contribution in [3.05, 3.63) is 35.4 Å². The van der Waals surface area contributed by atoms with Gasteiger partial charge in [0.2, 0.25) is 0 Å². The average molecular weight is 369 g/mol. The van der Waals surface area contributed by atoms with E-state index in [2.05, 4.69) is 41.0 Å². The minimum Gasteiger partial charge on any atom is -0.756 e. The molecule has 0 bridgehead atoms. The molecular formula is C19H32NO4P. The molecule has 3 N–H and O–H groups in total. The van der Waals surface area contributed by atoms with Gasteiger partial charge in [-0.25, -0.2) is 0 Å². The van der Waals surface area contributed by atoms with E-state index in [0.717, 1.165) is 19.4 Å². The maximum absolute atomic E-state index is 10.8. The van der Waals surface area contributed by atoms with Crippen LogP contribution in [-0.2, 0) is 15.5 Å². The summed E-state index contributed by atoms with van der Waals surface area (Å²) in [4.78, 5) is 19.6. The highest BCUT2D eigenvalue weighted by Crippen LogP contribution is 2.33. The van der Waals surface area contributed by atoms with Crippen molar-refractivity contribution in [2.24, 2.45) is 0 Å². The van der Waals surface area contributed by atoms with Crippen LogP contribution in [0.4, 0.5) is 0 Å². The van der Waals surface area contributed by atoms with Crippen molar-refractivity contribution in [2.75, 3.05) is 13.2 Å². The highest BCUT2D eigenvalue weighted by molar-refractivity contribution is 7.44. The van der Waals surface area contributed by atoms with Gasteiger partial charge in [-0.1, -0.05) is 63.3 Å². The fraction of sp³-hybridized carbons (Fsp3) is 0.684. The first-order chi connectivity index (χ1) is 12.0. The molecule has 1 aliphatic rings. The van der Waals surface area contributed by atoms with Gasteiger partial charge >= 0.3 is 0 Å². The predicted molar refractivity (Wildman–Crippen MR) is 97.2 cm³/mol. The molecule has 1 aromatic rings. The van der Waals surface area contributed by atoms with E-state index >= 15 is 0 Å². The molecule has 1 unspecified atom stereocenters. The number of nitrogens with two attached hydrogens (primary N) is 1. The van der Waals surface area contributed by atoms with Crippen molar-refractivity contribution in [1.29, 1.82) is 0 Å². The second kappa shape index (κ2) is 10.4. The molecule has 0 spiro atoms. The van der Waals surface area contributed by atoms with Gasteiger partial charge in [0, 0.05) is 12.3 Å². The molecule has 1 aromatic carbocycles. The zero-order valence-electron chi connectivity index (χ0n) is 15.2. The van der Waals surface area contributed by atoms with Crippen molar-refractivity contribution in [3.63, 3.8) is 0 Å². The van der Waals surface area contributed by atoms with Gasteiger partial charge in [0.25, 0.3) is 7.82 Å². The minimum absolute atomic E-state index is 0.0292. The number of unbranched alkanes of at least 4 members (excludes halogenated alkanes) is 5. The highest BCUT2D eigenvalue weighted by atomic mass is 31.2. The lowest BCUT2D eigenvalue weighted by Crippen LogP contribution is -2.88. The number of benzene rings is 1. The van der Waals surface area contributed by atoms with Crippen LogP contribution < -0.4 is 10.2 Å². The van der Waals surface area contributed by atoms with Crippen LogP contribution in [0.1, 0.15) is 68.9 Å². The molecule has 1 heterocycles. The van der Waals surface area contributed by atoms with Crippen molar-refractivity contribution in [3.8, 4) is 0 Å². The van der Waals surface area contributed by atoms with E-state index in [1.807, 2.05) is 0 Å². The third-order valence-corrected chi connectivity index (χ3v) is 5.60. The van der Waals surface area contributed by atoms with Gasteiger partial charge in [-0.3, -0.25) is 4.57 Å². The lowest BCUT2D eigenvalue weighted by atomic mass is 9.91. The van der Waals surface area contributed by atoms with E-state index in [9.17, 15) is 9.46 Å². The number of rotatable bonds is 11. The molecule has 2 rings (SSSR count). The summed E-state index contributed by atoms with van der Waals surface area (Å²) in [5, 5.41) is 2.10. The molecule has 25 heavy (non-hydrogen) atoms. The van der Waals surface area contributed by atoms with Gasteiger partial charge in [-0.05, 0) is 24.0 Å². The lowest BCUT2D eigenvalue weighted by Gasteiger charge is -2.21. The van der Waals surface area contributed by atoms with Gasteiger partial charge < -0.3 is 19.6 Å². The third kappa shape index (κ3) is 7.59. The van der Waals surface area contributed by atoms with Crippen LogP contribution >= 0.6 is 7.82 Å². The van der Waals surface area contributed by atoms with Crippen molar-refractivity contribution in [1.82, 2.24) is 0 Å². The average Bonchev–Trinajstić information content (AvgIpc) is 3.05. The van der Waals surface area contributed by atoms with Gasteiger partial charge in [0.15, 0.2) is 0 Å². The summed E-state index contributed by atoms with van der Waals surface area (Å²) in [6.45, 7) is 3.22. The standard InChI is InChI=1S/C19H32NO4P/c1-2-3-4-5-6-7-8-16-9-11-17(12-10-16)18-13-14-20-19(18)15-24-25(21,22)23/h9-12,18-20H,2-8,13-15H2,1H3,(H2,21,22,23)/t18-,19-/m1/s1. The molecule has 5 nitrogen and oxygen atoms in total. The second-order valence-electron chi connectivity index (χ2n) is 7.11. The van der Waals surface area contributed by atoms with Gasteiger partial charge in [0.05, 0.1) is 6.54 Å². The molecule has 0 aliphatic carbocycles. The Kier molecular flexibility index (Phi) is 8.60. The van der Waals surface area contributed by atoms with Gasteiger partial charge in [-0.15, -0.1) is 0 Å². The van der Waals surface area contributed by atoms with E-state index in [-0.39, 0.29) is 18.6 Å². The van der Waals surface area contributed by atoms with E-state index in [1.165, 1.54) is 49.7 Å². The largest absolute Gasteiger partial charge is 0.756 e. The third-order valence-electron chi connectivity index (χ3n) is 5.12. The molecule has 1 saturated heterocycles.